The molecule has 72 valence electrons. The Kier molecular flexibility index (Phi) is 1.98. The van der Waals surface area contributed by atoms with Crippen LogP contribution in [0.1, 0.15) is 19.8 Å². The number of rotatable bonds is 2. The Balaban J connectivity index is 2.06. The van der Waals surface area contributed by atoms with Gasteiger partial charge in [-0.05, 0) is 19.8 Å². The molecule has 0 bridgehead atoms. The molecule has 0 aromatic carbocycles. The average molecular weight is 183 g/mol. The van der Waals surface area contributed by atoms with E-state index in [1.165, 1.54) is 7.11 Å². The topological polar surface area (TPSA) is 47.9 Å². The molecule has 4 nitrogen and oxygen atoms in total. The predicted molar refractivity (Wildman–Crippen MR) is 46.5 cm³/mol. The molecule has 1 aliphatic heterocycles. The lowest BCUT2D eigenvalue weighted by Crippen LogP contribution is -2.28. The number of carbonyl (C=O) groups is 1. The summed E-state index contributed by atoms with van der Waals surface area (Å²) in [6, 6.07) is -0.444. The summed E-state index contributed by atoms with van der Waals surface area (Å²) in [5.41, 5.74) is 0. The van der Waals surface area contributed by atoms with E-state index in [-0.39, 0.29) is 12.1 Å². The maximum absolute atomic E-state index is 11.2. The third-order valence-electron chi connectivity index (χ3n) is 2.39. The highest BCUT2D eigenvalue weighted by atomic mass is 16.5. The second-order valence-corrected chi connectivity index (χ2v) is 3.53. The minimum absolute atomic E-state index is 0.164. The van der Waals surface area contributed by atoms with Gasteiger partial charge >= 0.3 is 5.97 Å². The second-order valence-electron chi connectivity index (χ2n) is 3.53. The molecule has 1 fully saturated rings. The van der Waals surface area contributed by atoms with Crippen LogP contribution in [0.25, 0.3) is 0 Å². The Morgan fingerprint density at radius 1 is 1.62 bits per heavy atom. The van der Waals surface area contributed by atoms with Crippen molar-refractivity contribution in [3.8, 4) is 0 Å². The summed E-state index contributed by atoms with van der Waals surface area (Å²) in [7, 11) is 1.37. The molecule has 0 amide bonds. The van der Waals surface area contributed by atoms with Crippen molar-refractivity contribution in [2.24, 2.45) is 10.9 Å². The third-order valence-corrected chi connectivity index (χ3v) is 2.39. The summed E-state index contributed by atoms with van der Waals surface area (Å²) in [5, 5.41) is 0. The molecular formula is C9H13NO3. The molecule has 1 aliphatic carbocycles. The van der Waals surface area contributed by atoms with Crippen molar-refractivity contribution in [2.75, 3.05) is 7.11 Å². The van der Waals surface area contributed by atoms with E-state index in [4.69, 9.17) is 4.74 Å². The van der Waals surface area contributed by atoms with Gasteiger partial charge in [0.15, 0.2) is 11.9 Å². The van der Waals surface area contributed by atoms with Gasteiger partial charge in [-0.2, -0.15) is 0 Å². The van der Waals surface area contributed by atoms with Crippen molar-refractivity contribution in [2.45, 2.75) is 31.9 Å². The van der Waals surface area contributed by atoms with E-state index in [1.54, 1.807) is 0 Å². The van der Waals surface area contributed by atoms with E-state index in [9.17, 15) is 4.79 Å². The molecule has 4 heteroatoms. The van der Waals surface area contributed by atoms with Crippen LogP contribution >= 0.6 is 0 Å². The maximum Gasteiger partial charge on any atom is 0.334 e. The fraction of sp³-hybridized carbons (Fsp3) is 0.778. The summed E-state index contributed by atoms with van der Waals surface area (Å²) in [6.45, 7) is 1.85. The lowest BCUT2D eigenvalue weighted by molar-refractivity contribution is -0.143. The highest BCUT2D eigenvalue weighted by molar-refractivity contribution is 5.88. The van der Waals surface area contributed by atoms with Crippen molar-refractivity contribution < 1.29 is 14.3 Å². The molecule has 2 rings (SSSR count). The van der Waals surface area contributed by atoms with Crippen LogP contribution in [0.15, 0.2) is 4.99 Å². The molecule has 0 aromatic rings. The average Bonchev–Trinajstić information content (AvgIpc) is 2.89. The number of methoxy groups -OCH3 is 1. The Morgan fingerprint density at radius 2 is 2.31 bits per heavy atom. The normalized spacial score (nSPS) is 32.3. The molecule has 0 saturated heterocycles. The smallest absolute Gasteiger partial charge is 0.334 e. The summed E-state index contributed by atoms with van der Waals surface area (Å²) in [5.74, 6) is 0.920. The molecule has 0 unspecified atom stereocenters. The van der Waals surface area contributed by atoms with Crippen LogP contribution in [0, 0.1) is 5.92 Å². The zero-order chi connectivity index (χ0) is 9.42. The molecule has 2 atom stereocenters. The minimum Gasteiger partial charge on any atom is -0.475 e. The first-order valence-corrected chi connectivity index (χ1v) is 4.54. The fourth-order valence-corrected chi connectivity index (χ4v) is 1.42. The summed E-state index contributed by atoms with van der Waals surface area (Å²) < 4.78 is 10.1. The molecule has 0 radical (unpaired) electrons. The van der Waals surface area contributed by atoms with E-state index >= 15 is 0 Å². The summed E-state index contributed by atoms with van der Waals surface area (Å²) >= 11 is 0. The number of hydrogen-bond donors (Lipinski definition) is 0. The molecular weight excluding hydrogens is 170 g/mol. The van der Waals surface area contributed by atoms with Gasteiger partial charge in [0.05, 0.1) is 7.11 Å². The molecule has 2 aliphatic rings. The number of carbonyl (C=O) groups excluding carboxylic acids is 1. The van der Waals surface area contributed by atoms with Crippen molar-refractivity contribution in [1.82, 2.24) is 0 Å². The SMILES string of the molecule is COC(=O)[C@H]1N=C(C2CC2)O[C@@H]1C. The van der Waals surface area contributed by atoms with Crippen LogP contribution in [-0.4, -0.2) is 31.1 Å². The van der Waals surface area contributed by atoms with Crippen LogP contribution in [0.3, 0.4) is 0 Å². The quantitative estimate of drug-likeness (QED) is 0.594. The molecule has 0 N–H and O–H groups in total. The van der Waals surface area contributed by atoms with Crippen molar-refractivity contribution >= 4 is 11.9 Å². The zero-order valence-electron chi connectivity index (χ0n) is 7.82. The van der Waals surface area contributed by atoms with Crippen LogP contribution in [0.5, 0.6) is 0 Å². The molecule has 0 spiro atoms. The minimum atomic E-state index is -0.444. The highest BCUT2D eigenvalue weighted by Crippen LogP contribution is 2.34. The van der Waals surface area contributed by atoms with Crippen LogP contribution < -0.4 is 0 Å². The first-order valence-electron chi connectivity index (χ1n) is 4.54. The maximum atomic E-state index is 11.2. The van der Waals surface area contributed by atoms with E-state index in [1.807, 2.05) is 6.92 Å². The Bertz CT molecular complexity index is 258. The lowest BCUT2D eigenvalue weighted by Gasteiger charge is -2.09. The first-order chi connectivity index (χ1) is 6.22. The van der Waals surface area contributed by atoms with E-state index in [2.05, 4.69) is 9.73 Å². The molecule has 13 heavy (non-hydrogen) atoms. The summed E-state index contributed by atoms with van der Waals surface area (Å²) in [4.78, 5) is 15.4. The standard InChI is InChI=1S/C9H13NO3/c1-5-7(9(11)12-2)10-8(13-5)6-3-4-6/h5-7H,3-4H2,1-2H3/t5-,7+/m1/s1. The number of nitrogens with zero attached hydrogens (tertiary/aromatic N) is 1. The van der Waals surface area contributed by atoms with Gasteiger partial charge in [0.1, 0.15) is 6.10 Å². The number of hydrogen-bond acceptors (Lipinski definition) is 4. The zero-order valence-corrected chi connectivity index (χ0v) is 7.82. The number of aliphatic imine (C=N–C) groups is 1. The largest absolute Gasteiger partial charge is 0.475 e. The number of ether oxygens (including phenoxy) is 2. The third kappa shape index (κ3) is 1.53. The highest BCUT2D eigenvalue weighted by Gasteiger charge is 2.40. The van der Waals surface area contributed by atoms with Gasteiger partial charge in [0.2, 0.25) is 0 Å². The Morgan fingerprint density at radius 3 is 2.85 bits per heavy atom. The van der Waals surface area contributed by atoms with Crippen LogP contribution in [-0.2, 0) is 14.3 Å². The van der Waals surface area contributed by atoms with Gasteiger partial charge in [-0.15, -0.1) is 0 Å². The summed E-state index contributed by atoms with van der Waals surface area (Å²) in [6.07, 6.45) is 2.11. The van der Waals surface area contributed by atoms with Gasteiger partial charge in [-0.1, -0.05) is 0 Å². The van der Waals surface area contributed by atoms with Gasteiger partial charge in [-0.25, -0.2) is 9.79 Å². The van der Waals surface area contributed by atoms with Crippen molar-refractivity contribution in [1.29, 1.82) is 0 Å². The van der Waals surface area contributed by atoms with E-state index < -0.39 is 6.04 Å². The van der Waals surface area contributed by atoms with Crippen molar-refractivity contribution in [3.05, 3.63) is 0 Å². The van der Waals surface area contributed by atoms with E-state index in [0.29, 0.717) is 5.92 Å². The Hall–Kier alpha value is -1.06. The number of esters is 1. The van der Waals surface area contributed by atoms with Gasteiger partial charge < -0.3 is 9.47 Å². The Labute approximate surface area is 76.9 Å². The van der Waals surface area contributed by atoms with Gasteiger partial charge in [0.25, 0.3) is 0 Å². The fourth-order valence-electron chi connectivity index (χ4n) is 1.42. The van der Waals surface area contributed by atoms with Gasteiger partial charge in [-0.3, -0.25) is 0 Å². The van der Waals surface area contributed by atoms with Crippen LogP contribution in [0.4, 0.5) is 0 Å². The second kappa shape index (κ2) is 3.01. The monoisotopic (exact) mass is 183 g/mol. The first kappa shape index (κ1) is 8.53. The molecule has 1 saturated carbocycles. The van der Waals surface area contributed by atoms with Crippen LogP contribution in [0.2, 0.25) is 0 Å². The van der Waals surface area contributed by atoms with E-state index in [0.717, 1.165) is 18.7 Å². The van der Waals surface area contributed by atoms with Gasteiger partial charge in [0, 0.05) is 5.92 Å². The molecule has 1 heterocycles. The lowest BCUT2D eigenvalue weighted by atomic mass is 10.2. The van der Waals surface area contributed by atoms with Crippen molar-refractivity contribution in [3.63, 3.8) is 0 Å². The predicted octanol–water partition coefficient (Wildman–Crippen LogP) is 0.755. The molecule has 0 aromatic heterocycles.